The number of nitrogens with zero attached hydrogens (tertiary/aromatic N) is 1. The second-order valence-corrected chi connectivity index (χ2v) is 8.45. The van der Waals surface area contributed by atoms with Crippen molar-refractivity contribution in [2.45, 2.75) is 82.7 Å². The van der Waals surface area contributed by atoms with E-state index in [0.29, 0.717) is 6.42 Å². The van der Waals surface area contributed by atoms with E-state index in [0.717, 1.165) is 24.8 Å². The highest BCUT2D eigenvalue weighted by molar-refractivity contribution is 5.68. The molecule has 1 amide bonds. The third-order valence-electron chi connectivity index (χ3n) is 5.78. The number of benzene rings is 1. The Morgan fingerprint density at radius 3 is 2.62 bits per heavy atom. The van der Waals surface area contributed by atoms with Gasteiger partial charge in [-0.3, -0.25) is 4.90 Å². The van der Waals surface area contributed by atoms with E-state index in [9.17, 15) is 15.0 Å². The fraction of sp³-hybridized carbons (Fsp3) is 0.682. The largest absolute Gasteiger partial charge is 0.445 e. The molecule has 7 nitrogen and oxygen atoms in total. The fourth-order valence-corrected chi connectivity index (χ4v) is 4.37. The summed E-state index contributed by atoms with van der Waals surface area (Å²) in [6.07, 6.45) is 1.62. The first-order valence-electron chi connectivity index (χ1n) is 10.5. The maximum atomic E-state index is 13.0. The molecule has 1 aromatic rings. The summed E-state index contributed by atoms with van der Waals surface area (Å²) in [5.74, 6) is -0.892. The summed E-state index contributed by atoms with van der Waals surface area (Å²) in [5, 5.41) is 21.6. The molecule has 2 aliphatic rings. The molecule has 0 aliphatic carbocycles. The van der Waals surface area contributed by atoms with E-state index < -0.39 is 42.3 Å². The van der Waals surface area contributed by atoms with Crippen molar-refractivity contribution in [3.05, 3.63) is 35.9 Å². The molecule has 0 unspecified atom stereocenters. The fourth-order valence-electron chi connectivity index (χ4n) is 4.37. The zero-order valence-corrected chi connectivity index (χ0v) is 17.5. The van der Waals surface area contributed by atoms with Gasteiger partial charge in [0.15, 0.2) is 5.79 Å². The van der Waals surface area contributed by atoms with E-state index in [4.69, 9.17) is 14.2 Å². The number of aliphatic hydroxyl groups is 2. The number of likely N-dealkylation sites (tertiary alicyclic amines) is 1. The Balaban J connectivity index is 1.80. The molecule has 2 aliphatic heterocycles. The standard InChI is InChI=1S/C22H33NO6/c1-4-5-7-12-18-22(26,15-24)19-17(28-21(2,3)29-19)13-23(18)20(25)27-14-16-10-8-6-9-11-16/h6,8-11,17-19,24,26H,4-5,7,12-15H2,1-3H3/t17-,18+,19-,22-/m1/s1. The number of hydrogen-bond donors (Lipinski definition) is 2. The van der Waals surface area contributed by atoms with Crippen LogP contribution in [0.3, 0.4) is 0 Å². The van der Waals surface area contributed by atoms with E-state index in [1.54, 1.807) is 13.8 Å². The Bertz CT molecular complexity index is 681. The van der Waals surface area contributed by atoms with Gasteiger partial charge in [0.05, 0.1) is 19.2 Å². The van der Waals surface area contributed by atoms with Crippen molar-refractivity contribution in [3.63, 3.8) is 0 Å². The quantitative estimate of drug-likeness (QED) is 0.676. The minimum atomic E-state index is -1.61. The van der Waals surface area contributed by atoms with Gasteiger partial charge in [0, 0.05) is 0 Å². The van der Waals surface area contributed by atoms with Crippen LogP contribution in [0.5, 0.6) is 0 Å². The number of ether oxygens (including phenoxy) is 3. The average molecular weight is 408 g/mol. The van der Waals surface area contributed by atoms with Crippen LogP contribution in [-0.4, -0.2) is 64.0 Å². The zero-order chi connectivity index (χ0) is 21.1. The van der Waals surface area contributed by atoms with Gasteiger partial charge < -0.3 is 24.4 Å². The predicted molar refractivity (Wildman–Crippen MR) is 107 cm³/mol. The SMILES string of the molecule is CCCCC[C@@H]1N(C(=O)OCc2ccccc2)C[C@H]2OC(C)(C)O[C@H]2[C@@]1(O)CO. The lowest BCUT2D eigenvalue weighted by Crippen LogP contribution is -2.70. The highest BCUT2D eigenvalue weighted by Gasteiger charge is 2.61. The van der Waals surface area contributed by atoms with Gasteiger partial charge in [-0.2, -0.15) is 0 Å². The molecule has 29 heavy (non-hydrogen) atoms. The van der Waals surface area contributed by atoms with Gasteiger partial charge in [0.1, 0.15) is 24.4 Å². The molecular formula is C22H33NO6. The van der Waals surface area contributed by atoms with Gasteiger partial charge in [-0.25, -0.2) is 4.79 Å². The molecule has 0 aromatic heterocycles. The van der Waals surface area contributed by atoms with Gasteiger partial charge in [-0.05, 0) is 25.8 Å². The van der Waals surface area contributed by atoms with Gasteiger partial charge >= 0.3 is 6.09 Å². The molecule has 2 N–H and O–H groups in total. The number of carbonyl (C=O) groups excluding carboxylic acids is 1. The number of fused-ring (bicyclic) bond motifs is 1. The number of unbranched alkanes of at least 4 members (excludes halogenated alkanes) is 2. The molecule has 7 heteroatoms. The van der Waals surface area contributed by atoms with Crippen LogP contribution in [0.2, 0.25) is 0 Å². The van der Waals surface area contributed by atoms with Crippen LogP contribution in [0.1, 0.15) is 52.0 Å². The summed E-state index contributed by atoms with van der Waals surface area (Å²) < 4.78 is 17.4. The van der Waals surface area contributed by atoms with Gasteiger partial charge in [0.2, 0.25) is 0 Å². The molecule has 3 rings (SSSR count). The first-order valence-corrected chi connectivity index (χ1v) is 10.5. The Labute approximate surface area is 172 Å². The number of rotatable bonds is 7. The number of amides is 1. The molecule has 0 bridgehead atoms. The summed E-state index contributed by atoms with van der Waals surface area (Å²) >= 11 is 0. The van der Waals surface area contributed by atoms with Crippen LogP contribution in [0.25, 0.3) is 0 Å². The predicted octanol–water partition coefficient (Wildman–Crippen LogP) is 2.83. The monoisotopic (exact) mass is 407 g/mol. The number of piperidine rings is 1. The number of hydrogen-bond acceptors (Lipinski definition) is 6. The summed E-state index contributed by atoms with van der Waals surface area (Å²) in [7, 11) is 0. The molecule has 0 spiro atoms. The minimum Gasteiger partial charge on any atom is -0.445 e. The molecular weight excluding hydrogens is 374 g/mol. The minimum absolute atomic E-state index is 0.145. The third-order valence-corrected chi connectivity index (χ3v) is 5.78. The van der Waals surface area contributed by atoms with Crippen LogP contribution < -0.4 is 0 Å². The molecule has 2 fully saturated rings. The number of aliphatic hydroxyl groups excluding tert-OH is 1. The molecule has 162 valence electrons. The molecule has 1 aromatic carbocycles. The van der Waals surface area contributed by atoms with Crippen molar-refractivity contribution < 1.29 is 29.2 Å². The van der Waals surface area contributed by atoms with Crippen LogP contribution in [-0.2, 0) is 20.8 Å². The Morgan fingerprint density at radius 2 is 1.97 bits per heavy atom. The van der Waals surface area contributed by atoms with Crippen molar-refractivity contribution in [2.24, 2.45) is 0 Å². The van der Waals surface area contributed by atoms with E-state index in [1.165, 1.54) is 4.90 Å². The van der Waals surface area contributed by atoms with Crippen molar-refractivity contribution >= 4 is 6.09 Å². The van der Waals surface area contributed by atoms with Gasteiger partial charge in [-0.15, -0.1) is 0 Å². The van der Waals surface area contributed by atoms with E-state index >= 15 is 0 Å². The third kappa shape index (κ3) is 4.74. The van der Waals surface area contributed by atoms with Crippen molar-refractivity contribution in [3.8, 4) is 0 Å². The average Bonchev–Trinajstić information content (AvgIpc) is 3.03. The Hall–Kier alpha value is -1.67. The number of carbonyl (C=O) groups is 1. The van der Waals surface area contributed by atoms with Crippen LogP contribution >= 0.6 is 0 Å². The van der Waals surface area contributed by atoms with E-state index in [2.05, 4.69) is 6.92 Å². The van der Waals surface area contributed by atoms with Crippen LogP contribution in [0.15, 0.2) is 30.3 Å². The van der Waals surface area contributed by atoms with E-state index in [1.807, 2.05) is 30.3 Å². The first-order chi connectivity index (χ1) is 13.8. The van der Waals surface area contributed by atoms with Gasteiger partial charge in [0.25, 0.3) is 0 Å². The Kier molecular flexibility index (Phi) is 6.83. The normalized spacial score (nSPS) is 30.8. The second-order valence-electron chi connectivity index (χ2n) is 8.45. The lowest BCUT2D eigenvalue weighted by atomic mass is 9.79. The molecule has 4 atom stereocenters. The molecule has 2 saturated heterocycles. The van der Waals surface area contributed by atoms with Crippen LogP contribution in [0.4, 0.5) is 4.79 Å². The van der Waals surface area contributed by atoms with Gasteiger partial charge in [-0.1, -0.05) is 56.5 Å². The summed E-state index contributed by atoms with van der Waals surface area (Å²) in [6, 6.07) is 8.84. The first kappa shape index (κ1) is 22.0. The zero-order valence-electron chi connectivity index (χ0n) is 17.5. The lowest BCUT2D eigenvalue weighted by molar-refractivity contribution is -0.198. The molecule has 0 saturated carbocycles. The lowest BCUT2D eigenvalue weighted by Gasteiger charge is -2.49. The summed E-state index contributed by atoms with van der Waals surface area (Å²) in [4.78, 5) is 14.5. The second kappa shape index (κ2) is 9.00. The smallest absolute Gasteiger partial charge is 0.410 e. The van der Waals surface area contributed by atoms with Crippen molar-refractivity contribution in [2.75, 3.05) is 13.2 Å². The highest BCUT2D eigenvalue weighted by atomic mass is 16.8. The summed E-state index contributed by atoms with van der Waals surface area (Å²) in [5.41, 5.74) is -0.729. The molecule has 0 radical (unpaired) electrons. The molecule has 2 heterocycles. The highest BCUT2D eigenvalue weighted by Crippen LogP contribution is 2.42. The van der Waals surface area contributed by atoms with E-state index in [-0.39, 0.29) is 13.2 Å². The summed E-state index contributed by atoms with van der Waals surface area (Å²) in [6.45, 7) is 5.51. The van der Waals surface area contributed by atoms with Crippen LogP contribution in [0, 0.1) is 0 Å². The Morgan fingerprint density at radius 1 is 1.24 bits per heavy atom. The maximum absolute atomic E-state index is 13.0. The van der Waals surface area contributed by atoms with Crippen molar-refractivity contribution in [1.29, 1.82) is 0 Å². The van der Waals surface area contributed by atoms with Crippen molar-refractivity contribution in [1.82, 2.24) is 4.90 Å². The maximum Gasteiger partial charge on any atom is 0.410 e. The topological polar surface area (TPSA) is 88.5 Å².